The first-order valence-corrected chi connectivity index (χ1v) is 8.17. The summed E-state index contributed by atoms with van der Waals surface area (Å²) < 4.78 is 5.71. The van der Waals surface area contributed by atoms with Crippen molar-refractivity contribution in [3.05, 3.63) is 29.8 Å². The zero-order chi connectivity index (χ0) is 16.2. The number of aliphatic hydroxyl groups is 1. The molecular formula is C18H30N2O2. The van der Waals surface area contributed by atoms with Crippen molar-refractivity contribution in [1.82, 2.24) is 9.80 Å². The molecule has 1 aromatic rings. The number of rotatable bonds is 5. The smallest absolute Gasteiger partial charge is 0.119 e. The van der Waals surface area contributed by atoms with Crippen LogP contribution in [-0.2, 0) is 5.41 Å². The van der Waals surface area contributed by atoms with E-state index in [1.165, 1.54) is 5.56 Å². The first-order chi connectivity index (χ1) is 10.3. The van der Waals surface area contributed by atoms with E-state index in [4.69, 9.17) is 4.74 Å². The van der Waals surface area contributed by atoms with Crippen molar-refractivity contribution < 1.29 is 9.84 Å². The summed E-state index contributed by atoms with van der Waals surface area (Å²) in [5, 5.41) is 10.1. The van der Waals surface area contributed by atoms with E-state index in [1.54, 1.807) is 0 Å². The van der Waals surface area contributed by atoms with Gasteiger partial charge in [-0.2, -0.15) is 0 Å². The molecule has 1 aliphatic heterocycles. The van der Waals surface area contributed by atoms with Crippen molar-refractivity contribution in [2.75, 3.05) is 46.4 Å². The van der Waals surface area contributed by atoms with Crippen molar-refractivity contribution in [2.45, 2.75) is 32.3 Å². The highest BCUT2D eigenvalue weighted by Crippen LogP contribution is 2.24. The Morgan fingerprint density at radius 1 is 1.09 bits per heavy atom. The molecule has 0 bridgehead atoms. The van der Waals surface area contributed by atoms with Crippen LogP contribution in [0.5, 0.6) is 5.75 Å². The lowest BCUT2D eigenvalue weighted by Crippen LogP contribution is -2.47. The van der Waals surface area contributed by atoms with Crippen LogP contribution >= 0.6 is 0 Å². The van der Waals surface area contributed by atoms with Gasteiger partial charge in [-0.15, -0.1) is 0 Å². The van der Waals surface area contributed by atoms with Gasteiger partial charge < -0.3 is 14.7 Å². The van der Waals surface area contributed by atoms with Gasteiger partial charge in [0.1, 0.15) is 18.5 Å². The van der Waals surface area contributed by atoms with Crippen LogP contribution in [0, 0.1) is 0 Å². The van der Waals surface area contributed by atoms with Crippen LogP contribution in [0.15, 0.2) is 24.3 Å². The molecular weight excluding hydrogens is 276 g/mol. The Labute approximate surface area is 134 Å². The highest BCUT2D eigenvalue weighted by Gasteiger charge is 2.17. The Kier molecular flexibility index (Phi) is 5.84. The third-order valence-corrected chi connectivity index (χ3v) is 4.23. The molecule has 1 saturated heterocycles. The molecule has 0 aromatic heterocycles. The minimum atomic E-state index is -0.439. The van der Waals surface area contributed by atoms with Crippen LogP contribution in [0.25, 0.3) is 0 Å². The largest absolute Gasteiger partial charge is 0.491 e. The lowest BCUT2D eigenvalue weighted by atomic mass is 9.87. The van der Waals surface area contributed by atoms with Gasteiger partial charge >= 0.3 is 0 Å². The van der Waals surface area contributed by atoms with Crippen LogP contribution < -0.4 is 4.74 Å². The second-order valence-electron chi connectivity index (χ2n) is 7.34. The Balaban J connectivity index is 1.75. The summed E-state index contributed by atoms with van der Waals surface area (Å²) in [5.41, 5.74) is 1.44. The maximum absolute atomic E-state index is 10.1. The maximum atomic E-state index is 10.1. The predicted octanol–water partition coefficient (Wildman–Crippen LogP) is 1.97. The monoisotopic (exact) mass is 306 g/mol. The fourth-order valence-electron chi connectivity index (χ4n) is 2.62. The number of benzene rings is 1. The molecule has 0 unspecified atom stereocenters. The highest BCUT2D eigenvalue weighted by molar-refractivity contribution is 5.31. The fourth-order valence-corrected chi connectivity index (χ4v) is 2.62. The molecule has 124 valence electrons. The summed E-state index contributed by atoms with van der Waals surface area (Å²) in [5.74, 6) is 0.824. The zero-order valence-corrected chi connectivity index (χ0v) is 14.4. The van der Waals surface area contributed by atoms with Gasteiger partial charge in [0.25, 0.3) is 0 Å². The number of piperazine rings is 1. The molecule has 0 saturated carbocycles. The van der Waals surface area contributed by atoms with Gasteiger partial charge in [-0.1, -0.05) is 32.9 Å². The van der Waals surface area contributed by atoms with Gasteiger partial charge in [-0.3, -0.25) is 4.90 Å². The predicted molar refractivity (Wildman–Crippen MR) is 90.6 cm³/mol. The van der Waals surface area contributed by atoms with Crippen LogP contribution in [-0.4, -0.2) is 67.4 Å². The number of hydrogen-bond acceptors (Lipinski definition) is 4. The van der Waals surface area contributed by atoms with Gasteiger partial charge in [0, 0.05) is 32.7 Å². The molecule has 0 amide bonds. The Morgan fingerprint density at radius 2 is 1.68 bits per heavy atom. The molecule has 22 heavy (non-hydrogen) atoms. The van der Waals surface area contributed by atoms with E-state index in [9.17, 15) is 5.11 Å². The average Bonchev–Trinajstić information content (AvgIpc) is 2.47. The van der Waals surface area contributed by atoms with Gasteiger partial charge in [0.15, 0.2) is 0 Å². The molecule has 4 nitrogen and oxygen atoms in total. The SMILES string of the molecule is CN1CCN(C[C@@H](O)COc2ccc(C(C)(C)C)cc2)CC1. The van der Waals surface area contributed by atoms with Crippen molar-refractivity contribution in [1.29, 1.82) is 0 Å². The van der Waals surface area contributed by atoms with Crippen LogP contribution in [0.4, 0.5) is 0 Å². The first-order valence-electron chi connectivity index (χ1n) is 8.17. The summed E-state index contributed by atoms with van der Waals surface area (Å²) >= 11 is 0. The van der Waals surface area contributed by atoms with E-state index < -0.39 is 6.10 Å². The summed E-state index contributed by atoms with van der Waals surface area (Å²) in [6, 6.07) is 8.18. The zero-order valence-electron chi connectivity index (χ0n) is 14.4. The number of nitrogens with zero attached hydrogens (tertiary/aromatic N) is 2. The van der Waals surface area contributed by atoms with Crippen LogP contribution in [0.2, 0.25) is 0 Å². The van der Waals surface area contributed by atoms with Gasteiger partial charge in [0.2, 0.25) is 0 Å². The maximum Gasteiger partial charge on any atom is 0.119 e. The van der Waals surface area contributed by atoms with E-state index in [-0.39, 0.29) is 5.41 Å². The van der Waals surface area contributed by atoms with Crippen LogP contribution in [0.1, 0.15) is 26.3 Å². The molecule has 0 radical (unpaired) electrons. The standard InChI is InChI=1S/C18H30N2O2/c1-18(2,3)15-5-7-17(8-6-15)22-14-16(21)13-20-11-9-19(4)10-12-20/h5-8,16,21H,9-14H2,1-4H3/t16-/m1/s1. The van der Waals surface area contributed by atoms with E-state index in [0.717, 1.165) is 31.9 Å². The number of likely N-dealkylation sites (N-methyl/N-ethyl adjacent to an activating group) is 1. The van der Waals surface area contributed by atoms with E-state index in [0.29, 0.717) is 13.2 Å². The van der Waals surface area contributed by atoms with Crippen molar-refractivity contribution in [2.24, 2.45) is 0 Å². The first kappa shape index (κ1) is 17.3. The summed E-state index contributed by atoms with van der Waals surface area (Å²) in [4.78, 5) is 4.62. The fraction of sp³-hybridized carbons (Fsp3) is 0.667. The minimum Gasteiger partial charge on any atom is -0.491 e. The molecule has 1 aromatic carbocycles. The van der Waals surface area contributed by atoms with Crippen molar-refractivity contribution in [3.63, 3.8) is 0 Å². The number of ether oxygens (including phenoxy) is 1. The molecule has 1 N–H and O–H groups in total. The third kappa shape index (κ3) is 5.27. The third-order valence-electron chi connectivity index (χ3n) is 4.23. The second kappa shape index (κ2) is 7.44. The average molecular weight is 306 g/mol. The van der Waals surface area contributed by atoms with Gasteiger partial charge in [0.05, 0.1) is 0 Å². The summed E-state index contributed by atoms with van der Waals surface area (Å²) in [6.45, 7) is 11.8. The van der Waals surface area contributed by atoms with E-state index in [2.05, 4.69) is 49.8 Å². The highest BCUT2D eigenvalue weighted by atomic mass is 16.5. The van der Waals surface area contributed by atoms with E-state index >= 15 is 0 Å². The van der Waals surface area contributed by atoms with Crippen molar-refractivity contribution >= 4 is 0 Å². The minimum absolute atomic E-state index is 0.152. The topological polar surface area (TPSA) is 35.9 Å². The number of β-amino-alcohol motifs (C(OH)–C–C–N with tert-alkyl or cyclic N) is 1. The van der Waals surface area contributed by atoms with Gasteiger partial charge in [-0.05, 0) is 30.2 Å². The van der Waals surface area contributed by atoms with E-state index in [1.807, 2.05) is 12.1 Å². The Morgan fingerprint density at radius 3 is 2.23 bits per heavy atom. The Bertz CT molecular complexity index is 445. The molecule has 0 aliphatic carbocycles. The molecule has 4 heteroatoms. The molecule has 2 rings (SSSR count). The van der Waals surface area contributed by atoms with Gasteiger partial charge in [-0.25, -0.2) is 0 Å². The molecule has 0 spiro atoms. The Hall–Kier alpha value is -1.10. The molecule has 1 aliphatic rings. The lowest BCUT2D eigenvalue weighted by Gasteiger charge is -2.33. The summed E-state index contributed by atoms with van der Waals surface area (Å²) in [6.07, 6.45) is -0.439. The summed E-state index contributed by atoms with van der Waals surface area (Å²) in [7, 11) is 2.14. The lowest BCUT2D eigenvalue weighted by molar-refractivity contribution is 0.0505. The number of hydrogen-bond donors (Lipinski definition) is 1. The quantitative estimate of drug-likeness (QED) is 0.902. The molecule has 1 fully saturated rings. The second-order valence-corrected chi connectivity index (χ2v) is 7.34. The number of aliphatic hydroxyl groups excluding tert-OH is 1. The van der Waals surface area contributed by atoms with Crippen molar-refractivity contribution in [3.8, 4) is 5.75 Å². The van der Waals surface area contributed by atoms with Crippen LogP contribution in [0.3, 0.4) is 0 Å². The molecule has 1 atom stereocenters. The normalized spacial score (nSPS) is 19.1. The molecule has 1 heterocycles.